The Labute approximate surface area is 141 Å². The Morgan fingerprint density at radius 3 is 2.52 bits per heavy atom. The first-order valence-electron chi connectivity index (χ1n) is 8.53. The molecule has 6 heteroatoms. The standard InChI is InChI=1S/C17H25N3O2S/c18-16(21)13-9-15(23-11-13)17(22)19-14-5-7-20(8-6-14)10-12-3-1-2-4-12/h9,11-12,14H,1-8,10H2,(H2,18,21)(H,19,22). The molecule has 5 nitrogen and oxygen atoms in total. The first-order chi connectivity index (χ1) is 11.1. The number of piperidine rings is 1. The van der Waals surface area contributed by atoms with Crippen molar-refractivity contribution in [1.29, 1.82) is 0 Å². The predicted molar refractivity (Wildman–Crippen MR) is 91.7 cm³/mol. The molecule has 1 saturated heterocycles. The molecule has 0 bridgehead atoms. The molecule has 1 aliphatic heterocycles. The first-order valence-corrected chi connectivity index (χ1v) is 9.41. The highest BCUT2D eigenvalue weighted by atomic mass is 32.1. The van der Waals surface area contributed by atoms with Gasteiger partial charge in [0.25, 0.3) is 5.91 Å². The van der Waals surface area contributed by atoms with Gasteiger partial charge in [-0.25, -0.2) is 0 Å². The van der Waals surface area contributed by atoms with Crippen molar-refractivity contribution in [2.75, 3.05) is 19.6 Å². The summed E-state index contributed by atoms with van der Waals surface area (Å²) in [5.41, 5.74) is 5.63. The van der Waals surface area contributed by atoms with Crippen LogP contribution in [0.15, 0.2) is 11.4 Å². The number of primary amides is 1. The van der Waals surface area contributed by atoms with Crippen LogP contribution in [0.2, 0.25) is 0 Å². The minimum Gasteiger partial charge on any atom is -0.366 e. The van der Waals surface area contributed by atoms with Crippen LogP contribution in [0.5, 0.6) is 0 Å². The third kappa shape index (κ3) is 4.32. The summed E-state index contributed by atoms with van der Waals surface area (Å²) < 4.78 is 0. The van der Waals surface area contributed by atoms with Crippen molar-refractivity contribution in [2.45, 2.75) is 44.6 Å². The molecule has 0 atom stereocenters. The number of likely N-dealkylation sites (tertiary alicyclic amines) is 1. The normalized spacial score (nSPS) is 20.7. The van der Waals surface area contributed by atoms with Crippen LogP contribution in [-0.2, 0) is 0 Å². The zero-order chi connectivity index (χ0) is 16.2. The molecule has 0 radical (unpaired) electrons. The van der Waals surface area contributed by atoms with Crippen LogP contribution in [0.4, 0.5) is 0 Å². The summed E-state index contributed by atoms with van der Waals surface area (Å²) in [7, 11) is 0. The summed E-state index contributed by atoms with van der Waals surface area (Å²) in [6.45, 7) is 3.37. The minimum absolute atomic E-state index is 0.0863. The topological polar surface area (TPSA) is 75.4 Å². The van der Waals surface area contributed by atoms with Crippen molar-refractivity contribution in [3.05, 3.63) is 21.9 Å². The van der Waals surface area contributed by atoms with E-state index in [1.54, 1.807) is 11.4 Å². The maximum Gasteiger partial charge on any atom is 0.261 e. The lowest BCUT2D eigenvalue weighted by Crippen LogP contribution is -2.45. The third-order valence-corrected chi connectivity index (χ3v) is 5.95. The van der Waals surface area contributed by atoms with E-state index in [0.29, 0.717) is 10.4 Å². The second-order valence-corrected chi connectivity index (χ2v) is 7.67. The molecular formula is C17H25N3O2S. The molecule has 0 aromatic carbocycles. The van der Waals surface area contributed by atoms with Crippen molar-refractivity contribution in [3.8, 4) is 0 Å². The molecule has 1 aliphatic carbocycles. The summed E-state index contributed by atoms with van der Waals surface area (Å²) in [5.74, 6) is 0.316. The number of nitrogens with two attached hydrogens (primary N) is 1. The Morgan fingerprint density at radius 2 is 1.91 bits per heavy atom. The SMILES string of the molecule is NC(=O)c1csc(C(=O)NC2CCN(CC3CCCC3)CC2)c1. The highest BCUT2D eigenvalue weighted by Gasteiger charge is 2.24. The third-order valence-electron chi connectivity index (χ3n) is 5.02. The van der Waals surface area contributed by atoms with Gasteiger partial charge in [-0.1, -0.05) is 12.8 Å². The molecule has 2 heterocycles. The number of nitrogens with one attached hydrogen (secondary N) is 1. The van der Waals surface area contributed by atoms with Crippen LogP contribution in [0.3, 0.4) is 0 Å². The van der Waals surface area contributed by atoms with E-state index in [4.69, 9.17) is 5.73 Å². The van der Waals surface area contributed by atoms with Crippen LogP contribution >= 0.6 is 11.3 Å². The van der Waals surface area contributed by atoms with Gasteiger partial charge in [-0.2, -0.15) is 0 Å². The molecule has 3 rings (SSSR count). The van der Waals surface area contributed by atoms with E-state index in [0.717, 1.165) is 31.8 Å². The number of nitrogens with zero attached hydrogens (tertiary/aromatic N) is 1. The monoisotopic (exact) mass is 335 g/mol. The maximum atomic E-state index is 12.2. The Morgan fingerprint density at radius 1 is 1.22 bits per heavy atom. The van der Waals surface area contributed by atoms with Gasteiger partial charge in [0.05, 0.1) is 10.4 Å². The summed E-state index contributed by atoms with van der Waals surface area (Å²) in [4.78, 5) is 26.5. The van der Waals surface area contributed by atoms with Gasteiger partial charge in [0.1, 0.15) is 0 Å². The van der Waals surface area contributed by atoms with Crippen molar-refractivity contribution in [3.63, 3.8) is 0 Å². The quantitative estimate of drug-likeness (QED) is 0.866. The van der Waals surface area contributed by atoms with Crippen molar-refractivity contribution in [1.82, 2.24) is 10.2 Å². The number of carbonyl (C=O) groups is 2. The van der Waals surface area contributed by atoms with Gasteiger partial charge in [-0.15, -0.1) is 11.3 Å². The first kappa shape index (κ1) is 16.5. The van der Waals surface area contributed by atoms with Crippen molar-refractivity contribution in [2.24, 2.45) is 11.7 Å². The van der Waals surface area contributed by atoms with E-state index in [-0.39, 0.29) is 11.9 Å². The number of hydrogen-bond acceptors (Lipinski definition) is 4. The average molecular weight is 335 g/mol. The fourth-order valence-electron chi connectivity index (χ4n) is 3.66. The van der Waals surface area contributed by atoms with E-state index in [9.17, 15) is 9.59 Å². The molecule has 0 unspecified atom stereocenters. The summed E-state index contributed by atoms with van der Waals surface area (Å²) in [6, 6.07) is 1.82. The minimum atomic E-state index is -0.486. The molecule has 0 spiro atoms. The summed E-state index contributed by atoms with van der Waals surface area (Å²) >= 11 is 1.27. The summed E-state index contributed by atoms with van der Waals surface area (Å²) in [5, 5.41) is 4.73. The number of hydrogen-bond donors (Lipinski definition) is 2. The second kappa shape index (κ2) is 7.45. The Bertz CT molecular complexity index is 558. The summed E-state index contributed by atoms with van der Waals surface area (Å²) in [6.07, 6.45) is 7.57. The van der Waals surface area contributed by atoms with E-state index < -0.39 is 5.91 Å². The number of amides is 2. The number of thiophene rings is 1. The molecule has 1 aromatic rings. The van der Waals surface area contributed by atoms with Crippen LogP contribution in [0.1, 0.15) is 58.6 Å². The molecule has 1 aromatic heterocycles. The predicted octanol–water partition coefficient (Wildman–Crippen LogP) is 2.23. The van der Waals surface area contributed by atoms with Crippen LogP contribution < -0.4 is 11.1 Å². The fourth-order valence-corrected chi connectivity index (χ4v) is 4.46. The van der Waals surface area contributed by atoms with E-state index >= 15 is 0 Å². The highest BCUT2D eigenvalue weighted by Crippen LogP contribution is 2.26. The molecule has 1 saturated carbocycles. The fraction of sp³-hybridized carbons (Fsp3) is 0.647. The van der Waals surface area contributed by atoms with Gasteiger partial charge >= 0.3 is 0 Å². The molecular weight excluding hydrogens is 310 g/mol. The van der Waals surface area contributed by atoms with Crippen LogP contribution in [0, 0.1) is 5.92 Å². The van der Waals surface area contributed by atoms with Gasteiger partial charge < -0.3 is 16.0 Å². The van der Waals surface area contributed by atoms with Crippen molar-refractivity contribution >= 4 is 23.2 Å². The van der Waals surface area contributed by atoms with Crippen LogP contribution in [-0.4, -0.2) is 42.4 Å². The van der Waals surface area contributed by atoms with E-state index in [1.165, 1.54) is 43.6 Å². The van der Waals surface area contributed by atoms with Gasteiger partial charge in [-0.05, 0) is 37.7 Å². The molecule has 3 N–H and O–H groups in total. The highest BCUT2D eigenvalue weighted by molar-refractivity contribution is 7.12. The average Bonchev–Trinajstić information content (AvgIpc) is 3.20. The maximum absolute atomic E-state index is 12.2. The van der Waals surface area contributed by atoms with Crippen molar-refractivity contribution < 1.29 is 9.59 Å². The lowest BCUT2D eigenvalue weighted by Gasteiger charge is -2.33. The molecule has 2 amide bonds. The van der Waals surface area contributed by atoms with Gasteiger partial charge in [0.15, 0.2) is 0 Å². The Hall–Kier alpha value is -1.40. The van der Waals surface area contributed by atoms with E-state index in [2.05, 4.69) is 10.2 Å². The largest absolute Gasteiger partial charge is 0.366 e. The second-order valence-electron chi connectivity index (χ2n) is 6.76. The molecule has 126 valence electrons. The number of rotatable bonds is 5. The van der Waals surface area contributed by atoms with Gasteiger partial charge in [0.2, 0.25) is 5.91 Å². The van der Waals surface area contributed by atoms with Gasteiger partial charge in [0, 0.05) is 31.1 Å². The zero-order valence-corrected chi connectivity index (χ0v) is 14.2. The van der Waals surface area contributed by atoms with E-state index in [1.807, 2.05) is 0 Å². The smallest absolute Gasteiger partial charge is 0.261 e. The molecule has 2 fully saturated rings. The lowest BCUT2D eigenvalue weighted by atomic mass is 10.0. The van der Waals surface area contributed by atoms with Crippen LogP contribution in [0.25, 0.3) is 0 Å². The molecule has 2 aliphatic rings. The Balaban J connectivity index is 1.44. The van der Waals surface area contributed by atoms with Gasteiger partial charge in [-0.3, -0.25) is 9.59 Å². The Kier molecular flexibility index (Phi) is 5.33. The lowest BCUT2D eigenvalue weighted by molar-refractivity contribution is 0.0909. The zero-order valence-electron chi connectivity index (χ0n) is 13.4. The molecule has 23 heavy (non-hydrogen) atoms. The number of carbonyl (C=O) groups excluding carboxylic acids is 2.